The number of thiophene rings is 1. The molecule has 2 unspecified atom stereocenters. The Morgan fingerprint density at radius 3 is 2.64 bits per heavy atom. The molecule has 1 aromatic rings. The number of fused-ring (bicyclic) bond motifs is 2. The number of piperidine rings is 1. The van der Waals surface area contributed by atoms with Gasteiger partial charge in [-0.1, -0.05) is 0 Å². The molecule has 3 heterocycles. The number of carbonyl (C=O) groups excluding carboxylic acids is 1. The molecule has 2 aliphatic rings. The molecule has 0 spiro atoms. The summed E-state index contributed by atoms with van der Waals surface area (Å²) in [5.41, 5.74) is 0. The van der Waals surface area contributed by atoms with Gasteiger partial charge >= 0.3 is 0 Å². The van der Waals surface area contributed by atoms with Crippen LogP contribution in [-0.2, 0) is 21.4 Å². The van der Waals surface area contributed by atoms with Crippen LogP contribution in [0.25, 0.3) is 0 Å². The highest BCUT2D eigenvalue weighted by molar-refractivity contribution is 7.91. The fraction of sp³-hybridized carbons (Fsp3) is 0.643. The van der Waals surface area contributed by atoms with E-state index in [0.717, 1.165) is 30.6 Å². The minimum atomic E-state index is -3.47. The number of rotatable bonds is 5. The Hall–Kier alpha value is -0.960. The number of amides is 1. The maximum Gasteiger partial charge on any atom is 0.250 e. The van der Waals surface area contributed by atoms with Crippen LogP contribution >= 0.6 is 11.3 Å². The summed E-state index contributed by atoms with van der Waals surface area (Å²) in [5, 5.41) is 6.18. The quantitative estimate of drug-likeness (QED) is 0.743. The van der Waals surface area contributed by atoms with Gasteiger partial charge in [-0.25, -0.2) is 13.1 Å². The lowest BCUT2D eigenvalue weighted by molar-refractivity contribution is -0.119. The maximum atomic E-state index is 12.5. The Morgan fingerprint density at radius 2 is 2.00 bits per heavy atom. The van der Waals surface area contributed by atoms with E-state index in [1.54, 1.807) is 12.1 Å². The molecule has 2 fully saturated rings. The zero-order chi connectivity index (χ0) is 15.7. The molecule has 1 amide bonds. The average molecular weight is 343 g/mol. The van der Waals surface area contributed by atoms with Crippen molar-refractivity contribution in [1.82, 2.24) is 15.4 Å². The summed E-state index contributed by atoms with van der Waals surface area (Å²) in [4.78, 5) is 11.7. The van der Waals surface area contributed by atoms with Crippen LogP contribution in [0.1, 0.15) is 37.5 Å². The van der Waals surface area contributed by atoms with Crippen molar-refractivity contribution >= 4 is 27.3 Å². The van der Waals surface area contributed by atoms with Crippen molar-refractivity contribution in [2.75, 3.05) is 0 Å². The Morgan fingerprint density at radius 1 is 1.32 bits per heavy atom. The van der Waals surface area contributed by atoms with Gasteiger partial charge in [-0.2, -0.15) is 0 Å². The summed E-state index contributed by atoms with van der Waals surface area (Å²) in [6.45, 7) is 1.81. The largest absolute Gasteiger partial charge is 0.351 e. The normalized spacial score (nSPS) is 27.8. The van der Waals surface area contributed by atoms with Gasteiger partial charge in [-0.05, 0) is 37.8 Å². The number of hydrogen-bond donors (Lipinski definition) is 3. The van der Waals surface area contributed by atoms with E-state index in [-0.39, 0.29) is 11.9 Å². The van der Waals surface area contributed by atoms with Gasteiger partial charge in [0.25, 0.3) is 0 Å². The third kappa shape index (κ3) is 3.68. The summed E-state index contributed by atoms with van der Waals surface area (Å²) in [6.07, 6.45) is 4.01. The van der Waals surface area contributed by atoms with E-state index in [9.17, 15) is 13.2 Å². The van der Waals surface area contributed by atoms with Crippen molar-refractivity contribution in [2.45, 2.75) is 61.5 Å². The van der Waals surface area contributed by atoms with Crippen LogP contribution < -0.4 is 15.4 Å². The minimum Gasteiger partial charge on any atom is -0.351 e. The summed E-state index contributed by atoms with van der Waals surface area (Å²) in [7, 11) is -3.47. The Labute approximate surface area is 134 Å². The molecule has 2 aliphatic heterocycles. The van der Waals surface area contributed by atoms with Crippen molar-refractivity contribution in [3.8, 4) is 0 Å². The highest BCUT2D eigenvalue weighted by atomic mass is 32.2. The molecule has 3 N–H and O–H groups in total. The van der Waals surface area contributed by atoms with E-state index in [4.69, 9.17) is 0 Å². The van der Waals surface area contributed by atoms with E-state index < -0.39 is 10.0 Å². The molecule has 6 nitrogen and oxygen atoms in total. The van der Waals surface area contributed by atoms with Crippen LogP contribution in [-0.4, -0.2) is 32.5 Å². The van der Waals surface area contributed by atoms with Crippen LogP contribution in [0.5, 0.6) is 0 Å². The van der Waals surface area contributed by atoms with E-state index in [1.807, 2.05) is 0 Å². The van der Waals surface area contributed by atoms with Crippen molar-refractivity contribution < 1.29 is 13.2 Å². The van der Waals surface area contributed by atoms with E-state index in [0.29, 0.717) is 22.8 Å². The van der Waals surface area contributed by atoms with Crippen molar-refractivity contribution in [1.29, 1.82) is 0 Å². The second-order valence-electron chi connectivity index (χ2n) is 6.06. The SMILES string of the molecule is CC(=O)NCc1ccc(S(=O)(=O)NC2CC3CCC(C2)N3)s1. The molecule has 8 heteroatoms. The first-order chi connectivity index (χ1) is 10.4. The second-order valence-corrected chi connectivity index (χ2v) is 9.17. The molecule has 122 valence electrons. The van der Waals surface area contributed by atoms with Crippen LogP contribution in [0.15, 0.2) is 16.3 Å². The predicted molar refractivity (Wildman–Crippen MR) is 85.1 cm³/mol. The topological polar surface area (TPSA) is 87.3 Å². The average Bonchev–Trinajstić information content (AvgIpc) is 3.03. The van der Waals surface area contributed by atoms with Gasteiger partial charge < -0.3 is 10.6 Å². The molecular formula is C14H21N3O3S2. The van der Waals surface area contributed by atoms with Gasteiger partial charge in [0.2, 0.25) is 15.9 Å². The molecule has 0 saturated carbocycles. The first-order valence-electron chi connectivity index (χ1n) is 7.54. The number of carbonyl (C=O) groups is 1. The van der Waals surface area contributed by atoms with Gasteiger partial charge in [-0.15, -0.1) is 11.3 Å². The zero-order valence-corrected chi connectivity index (χ0v) is 14.1. The Kier molecular flexibility index (Phi) is 4.54. The van der Waals surface area contributed by atoms with Gasteiger partial charge in [0.1, 0.15) is 4.21 Å². The molecule has 1 aromatic heterocycles. The molecule has 22 heavy (non-hydrogen) atoms. The van der Waals surface area contributed by atoms with Crippen molar-refractivity contribution in [3.05, 3.63) is 17.0 Å². The monoisotopic (exact) mass is 343 g/mol. The van der Waals surface area contributed by atoms with Crippen LogP contribution in [0.3, 0.4) is 0 Å². The number of sulfonamides is 1. The molecule has 2 saturated heterocycles. The van der Waals surface area contributed by atoms with Crippen LogP contribution in [0.4, 0.5) is 0 Å². The molecule has 0 aromatic carbocycles. The lowest BCUT2D eigenvalue weighted by Gasteiger charge is -2.29. The van der Waals surface area contributed by atoms with Gasteiger partial charge in [0, 0.05) is 29.9 Å². The third-order valence-electron chi connectivity index (χ3n) is 4.21. The summed E-state index contributed by atoms with van der Waals surface area (Å²) >= 11 is 1.21. The number of hydrogen-bond acceptors (Lipinski definition) is 5. The summed E-state index contributed by atoms with van der Waals surface area (Å²) < 4.78 is 28.1. The Bertz CT molecular complexity index is 644. The first-order valence-corrected chi connectivity index (χ1v) is 9.84. The standard InChI is InChI=1S/C14H21N3O3S2/c1-9(18)15-8-13-4-5-14(21-13)22(19,20)17-12-6-10-2-3-11(7-12)16-10/h4-5,10-12,16-17H,2-3,6-8H2,1H3,(H,15,18). The first kappa shape index (κ1) is 15.9. The predicted octanol–water partition coefficient (Wildman–Crippen LogP) is 0.946. The smallest absolute Gasteiger partial charge is 0.250 e. The molecule has 3 rings (SSSR count). The number of nitrogens with one attached hydrogen (secondary N) is 3. The molecule has 2 atom stereocenters. The van der Waals surface area contributed by atoms with Gasteiger partial charge in [-0.3, -0.25) is 4.79 Å². The Balaban J connectivity index is 1.64. The van der Waals surface area contributed by atoms with Crippen molar-refractivity contribution in [2.24, 2.45) is 0 Å². The molecular weight excluding hydrogens is 322 g/mol. The van der Waals surface area contributed by atoms with Crippen LogP contribution in [0, 0.1) is 0 Å². The highest BCUT2D eigenvalue weighted by Gasteiger charge is 2.35. The molecule has 0 aliphatic carbocycles. The van der Waals surface area contributed by atoms with Gasteiger partial charge in [0.15, 0.2) is 0 Å². The highest BCUT2D eigenvalue weighted by Crippen LogP contribution is 2.28. The summed E-state index contributed by atoms with van der Waals surface area (Å²) in [5.74, 6) is -0.124. The zero-order valence-electron chi connectivity index (χ0n) is 12.5. The second kappa shape index (κ2) is 6.27. The lowest BCUT2D eigenvalue weighted by Crippen LogP contribution is -2.47. The van der Waals surface area contributed by atoms with Crippen molar-refractivity contribution in [3.63, 3.8) is 0 Å². The van der Waals surface area contributed by atoms with Crippen LogP contribution in [0.2, 0.25) is 0 Å². The lowest BCUT2D eigenvalue weighted by atomic mass is 10.0. The fourth-order valence-corrected chi connectivity index (χ4v) is 5.81. The molecule has 2 bridgehead atoms. The van der Waals surface area contributed by atoms with E-state index in [2.05, 4.69) is 15.4 Å². The maximum absolute atomic E-state index is 12.5. The minimum absolute atomic E-state index is 0.0182. The summed E-state index contributed by atoms with van der Waals surface area (Å²) in [6, 6.07) is 4.28. The molecule has 0 radical (unpaired) electrons. The fourth-order valence-electron chi connectivity index (χ4n) is 3.24. The van der Waals surface area contributed by atoms with Gasteiger partial charge in [0.05, 0.1) is 6.54 Å². The third-order valence-corrected chi connectivity index (χ3v) is 7.31. The van der Waals surface area contributed by atoms with E-state index in [1.165, 1.54) is 18.3 Å². The van der Waals surface area contributed by atoms with E-state index >= 15 is 0 Å².